The van der Waals surface area contributed by atoms with Crippen LogP contribution in [0.2, 0.25) is 0 Å². The largest absolute Gasteiger partial charge is 0.472 e. The summed E-state index contributed by atoms with van der Waals surface area (Å²) in [4.78, 5) is 12.1. The van der Waals surface area contributed by atoms with Crippen LogP contribution in [0.3, 0.4) is 0 Å². The second kappa shape index (κ2) is 6.59. The van der Waals surface area contributed by atoms with E-state index in [0.29, 0.717) is 23.2 Å². The number of fused-ring (bicyclic) bond motifs is 1. The van der Waals surface area contributed by atoms with Gasteiger partial charge in [-0.3, -0.25) is 0 Å². The highest BCUT2D eigenvalue weighted by Crippen LogP contribution is 2.66. The van der Waals surface area contributed by atoms with E-state index in [1.54, 1.807) is 6.26 Å². The molecule has 140 valence electrons. The third-order valence-corrected chi connectivity index (χ3v) is 8.56. The predicted molar refractivity (Wildman–Crippen MR) is 102 cm³/mol. The lowest BCUT2D eigenvalue weighted by Crippen LogP contribution is -2.58. The van der Waals surface area contributed by atoms with E-state index >= 15 is 0 Å². The molecule has 2 fully saturated rings. The Labute approximate surface area is 153 Å². The fourth-order valence-corrected chi connectivity index (χ4v) is 6.89. The molecule has 0 radical (unpaired) electrons. The van der Waals surface area contributed by atoms with Gasteiger partial charge in [0.25, 0.3) is 0 Å². The lowest BCUT2D eigenvalue weighted by Gasteiger charge is -2.63. The molecule has 4 unspecified atom stereocenters. The minimum Gasteiger partial charge on any atom is -0.472 e. The van der Waals surface area contributed by atoms with Crippen molar-refractivity contribution in [3.05, 3.63) is 24.2 Å². The van der Waals surface area contributed by atoms with E-state index in [9.17, 15) is 4.79 Å². The van der Waals surface area contributed by atoms with Crippen LogP contribution in [-0.4, -0.2) is 6.29 Å². The van der Waals surface area contributed by atoms with Crippen LogP contribution in [0.5, 0.6) is 0 Å². The first-order valence-corrected chi connectivity index (χ1v) is 10.2. The minimum atomic E-state index is 0.0633. The summed E-state index contributed by atoms with van der Waals surface area (Å²) in [5, 5.41) is 0. The summed E-state index contributed by atoms with van der Waals surface area (Å²) in [5.41, 5.74) is 1.69. The molecule has 3 rings (SSSR count). The molecule has 8 atom stereocenters. The van der Waals surface area contributed by atoms with E-state index in [2.05, 4.69) is 47.6 Å². The van der Waals surface area contributed by atoms with Gasteiger partial charge in [0.1, 0.15) is 6.29 Å². The molecule has 0 aromatic carbocycles. The Morgan fingerprint density at radius 3 is 2.64 bits per heavy atom. The van der Waals surface area contributed by atoms with Gasteiger partial charge >= 0.3 is 0 Å². The number of aldehydes is 1. The average molecular weight is 345 g/mol. The maximum Gasteiger partial charge on any atom is 0.123 e. The van der Waals surface area contributed by atoms with Gasteiger partial charge < -0.3 is 9.21 Å². The number of carbonyl (C=O) groups is 1. The van der Waals surface area contributed by atoms with E-state index in [4.69, 9.17) is 4.42 Å². The van der Waals surface area contributed by atoms with E-state index in [1.807, 2.05) is 6.26 Å². The zero-order chi connectivity index (χ0) is 18.4. The van der Waals surface area contributed by atoms with Crippen molar-refractivity contribution in [3.8, 4) is 0 Å². The molecule has 2 heteroatoms. The van der Waals surface area contributed by atoms with Crippen LogP contribution in [0.4, 0.5) is 0 Å². The molecule has 2 saturated carbocycles. The van der Waals surface area contributed by atoms with Crippen molar-refractivity contribution < 1.29 is 9.21 Å². The van der Waals surface area contributed by atoms with E-state index in [-0.39, 0.29) is 11.3 Å². The molecule has 0 amide bonds. The Bertz CT molecular complexity index is 591. The van der Waals surface area contributed by atoms with Gasteiger partial charge in [-0.15, -0.1) is 0 Å². The first-order valence-electron chi connectivity index (χ1n) is 10.2. The summed E-state index contributed by atoms with van der Waals surface area (Å²) >= 11 is 0. The van der Waals surface area contributed by atoms with Crippen LogP contribution < -0.4 is 0 Å². The first-order chi connectivity index (χ1) is 11.7. The van der Waals surface area contributed by atoms with Crippen LogP contribution in [-0.2, 0) is 4.79 Å². The van der Waals surface area contributed by atoms with E-state index in [1.165, 1.54) is 24.7 Å². The highest BCUT2D eigenvalue weighted by molar-refractivity contribution is 5.56. The van der Waals surface area contributed by atoms with E-state index in [0.717, 1.165) is 24.7 Å². The Morgan fingerprint density at radius 2 is 2.04 bits per heavy atom. The molecule has 2 aliphatic rings. The van der Waals surface area contributed by atoms with Crippen molar-refractivity contribution in [2.45, 2.75) is 73.1 Å². The molecule has 0 spiro atoms. The number of hydrogen-bond acceptors (Lipinski definition) is 2. The molecule has 0 aliphatic heterocycles. The lowest BCUT2D eigenvalue weighted by molar-refractivity contribution is -0.159. The summed E-state index contributed by atoms with van der Waals surface area (Å²) in [6.07, 6.45) is 9.57. The second-order valence-corrected chi connectivity index (χ2v) is 9.91. The average Bonchev–Trinajstić information content (AvgIpc) is 3.08. The molecule has 1 aromatic heterocycles. The Kier molecular flexibility index (Phi) is 4.94. The predicted octanol–water partition coefficient (Wildman–Crippen LogP) is 6.32. The third kappa shape index (κ3) is 2.90. The van der Waals surface area contributed by atoms with Crippen molar-refractivity contribution >= 4 is 6.29 Å². The monoisotopic (exact) mass is 344 g/mol. The van der Waals surface area contributed by atoms with Gasteiger partial charge in [-0.25, -0.2) is 0 Å². The van der Waals surface area contributed by atoms with Gasteiger partial charge in [0.15, 0.2) is 0 Å². The topological polar surface area (TPSA) is 30.2 Å². The number of carbonyl (C=O) groups excluding carboxylic acids is 1. The van der Waals surface area contributed by atoms with Crippen molar-refractivity contribution in [3.63, 3.8) is 0 Å². The normalized spacial score (nSPS) is 45.6. The summed E-state index contributed by atoms with van der Waals surface area (Å²) in [6.45, 7) is 14.6. The van der Waals surface area contributed by atoms with Gasteiger partial charge in [0.2, 0.25) is 0 Å². The fraction of sp³-hybridized carbons (Fsp3) is 0.783. The molecular formula is C23H36O2. The molecule has 2 nitrogen and oxygen atoms in total. The highest BCUT2D eigenvalue weighted by atomic mass is 16.3. The van der Waals surface area contributed by atoms with Crippen molar-refractivity contribution in [2.24, 2.45) is 40.4 Å². The summed E-state index contributed by atoms with van der Waals surface area (Å²) in [6, 6.07) is 2.08. The van der Waals surface area contributed by atoms with Gasteiger partial charge in [-0.2, -0.15) is 0 Å². The maximum absolute atomic E-state index is 12.1. The zero-order valence-electron chi connectivity index (χ0n) is 16.9. The fourth-order valence-electron chi connectivity index (χ4n) is 6.89. The standard InChI is InChI=1S/C23H36O2/c1-15-11-17(3)22(5)9-7-20(13-24)23(6,21(22)18(15)4)12-16(2)19-8-10-25-14-19/h8,10,13-18,20-21H,7,9,11-12H2,1-6H3/t15?,16?,17-,18?,20+,21?,22+,23+/m1/s1. The Morgan fingerprint density at radius 1 is 1.32 bits per heavy atom. The SMILES string of the molecule is CC(C[C@]1(C)C2C(C)C(C)C[C@@H](C)[C@]2(C)CC[C@H]1C=O)c1ccoc1. The third-order valence-electron chi connectivity index (χ3n) is 8.56. The van der Waals surface area contributed by atoms with Crippen LogP contribution in [0.25, 0.3) is 0 Å². The molecule has 0 saturated heterocycles. The second-order valence-electron chi connectivity index (χ2n) is 9.91. The van der Waals surface area contributed by atoms with Gasteiger partial charge in [0.05, 0.1) is 12.5 Å². The molecule has 1 aromatic rings. The lowest BCUT2D eigenvalue weighted by atomic mass is 9.41. The number of furan rings is 1. The van der Waals surface area contributed by atoms with Crippen LogP contribution in [0, 0.1) is 40.4 Å². The van der Waals surface area contributed by atoms with Gasteiger partial charge in [0, 0.05) is 5.92 Å². The first kappa shape index (κ1) is 18.7. The van der Waals surface area contributed by atoms with Crippen LogP contribution in [0.15, 0.2) is 23.0 Å². The zero-order valence-corrected chi connectivity index (χ0v) is 16.9. The van der Waals surface area contributed by atoms with Crippen LogP contribution in [0.1, 0.15) is 78.7 Å². The minimum absolute atomic E-state index is 0.0633. The summed E-state index contributed by atoms with van der Waals surface area (Å²) < 4.78 is 5.32. The van der Waals surface area contributed by atoms with Crippen molar-refractivity contribution in [1.82, 2.24) is 0 Å². The molecule has 0 bridgehead atoms. The number of hydrogen-bond donors (Lipinski definition) is 0. The number of rotatable bonds is 4. The summed E-state index contributed by atoms with van der Waals surface area (Å²) in [7, 11) is 0. The highest BCUT2D eigenvalue weighted by Gasteiger charge is 2.59. The van der Waals surface area contributed by atoms with Crippen molar-refractivity contribution in [2.75, 3.05) is 0 Å². The molecule has 2 aliphatic carbocycles. The van der Waals surface area contributed by atoms with Gasteiger partial charge in [-0.1, -0.05) is 41.5 Å². The van der Waals surface area contributed by atoms with E-state index < -0.39 is 0 Å². The van der Waals surface area contributed by atoms with Crippen molar-refractivity contribution in [1.29, 1.82) is 0 Å². The molecule has 1 heterocycles. The van der Waals surface area contributed by atoms with Crippen LogP contribution >= 0.6 is 0 Å². The molecule has 25 heavy (non-hydrogen) atoms. The molecule has 0 N–H and O–H groups in total. The Balaban J connectivity index is 2.00. The Hall–Kier alpha value is -1.05. The smallest absolute Gasteiger partial charge is 0.123 e. The quantitative estimate of drug-likeness (QED) is 0.598. The molecular weight excluding hydrogens is 308 g/mol. The summed E-state index contributed by atoms with van der Waals surface area (Å²) in [5.74, 6) is 3.36. The maximum atomic E-state index is 12.1. The van der Waals surface area contributed by atoms with Gasteiger partial charge in [-0.05, 0) is 77.7 Å².